The number of hydrogen-bond donors (Lipinski definition) is 0. The average Bonchev–Trinajstić information content (AvgIpc) is 3.36. The Kier molecular flexibility index (Phi) is 8.80. The summed E-state index contributed by atoms with van der Waals surface area (Å²) in [5, 5.41) is 0.740. The van der Waals surface area contributed by atoms with Gasteiger partial charge in [0, 0.05) is 62.1 Å². The molecule has 2 aromatic carbocycles. The minimum atomic E-state index is -1.14. The van der Waals surface area contributed by atoms with Crippen LogP contribution < -0.4 is 4.74 Å². The van der Waals surface area contributed by atoms with Crippen molar-refractivity contribution >= 4 is 27.7 Å². The predicted octanol–water partition coefficient (Wildman–Crippen LogP) is 6.55. The van der Waals surface area contributed by atoms with Crippen LogP contribution in [-0.2, 0) is 39.8 Å². The summed E-state index contributed by atoms with van der Waals surface area (Å²) in [7, 11) is -1.14. The van der Waals surface area contributed by atoms with Crippen molar-refractivity contribution in [1.29, 1.82) is 0 Å². The molecule has 0 fully saturated rings. The van der Waals surface area contributed by atoms with Crippen LogP contribution in [0.1, 0.15) is 44.5 Å². The number of halogens is 2. The first kappa shape index (κ1) is 28.4. The highest BCUT2D eigenvalue weighted by Gasteiger charge is 2.22. The Morgan fingerprint density at radius 2 is 1.87 bits per heavy atom. The fourth-order valence-electron chi connectivity index (χ4n) is 4.13. The lowest BCUT2D eigenvalue weighted by atomic mass is 9.99. The van der Waals surface area contributed by atoms with E-state index in [4.69, 9.17) is 13.9 Å². The average molecular weight is 556 g/mol. The molecule has 1 atom stereocenters. The Morgan fingerprint density at radius 3 is 2.62 bits per heavy atom. The maximum atomic E-state index is 15.7. The van der Waals surface area contributed by atoms with Gasteiger partial charge in [-0.15, -0.1) is 0 Å². The van der Waals surface area contributed by atoms with Crippen molar-refractivity contribution in [1.82, 2.24) is 4.98 Å². The SMILES string of the molecule is CCOC(=O)Cc1ccc(F)cc1OCc1cc(-c2ccnc(CC[S@@](=O)C(C)(C)C)c2F)c2occc2c1. The third-order valence-electron chi connectivity index (χ3n) is 6.13. The summed E-state index contributed by atoms with van der Waals surface area (Å²) in [6.07, 6.45) is 3.23. The molecule has 0 saturated carbocycles. The van der Waals surface area contributed by atoms with Gasteiger partial charge in [0.2, 0.25) is 0 Å². The molecule has 0 aliphatic heterocycles. The van der Waals surface area contributed by atoms with E-state index in [9.17, 15) is 13.4 Å². The molecule has 0 bridgehead atoms. The van der Waals surface area contributed by atoms with Gasteiger partial charge in [0.25, 0.3) is 0 Å². The fraction of sp³-hybridized carbons (Fsp3) is 0.333. The van der Waals surface area contributed by atoms with E-state index >= 15 is 4.39 Å². The molecule has 2 aromatic heterocycles. The lowest BCUT2D eigenvalue weighted by Gasteiger charge is -2.17. The quantitative estimate of drug-likeness (QED) is 0.207. The molecular formula is C30H31F2NO5S. The van der Waals surface area contributed by atoms with Crippen LogP contribution in [0.5, 0.6) is 5.75 Å². The van der Waals surface area contributed by atoms with Gasteiger partial charge in [0.15, 0.2) is 5.82 Å². The van der Waals surface area contributed by atoms with E-state index in [-0.39, 0.29) is 37.5 Å². The summed E-state index contributed by atoms with van der Waals surface area (Å²) in [5.41, 5.74) is 2.74. The van der Waals surface area contributed by atoms with E-state index in [0.717, 1.165) is 5.39 Å². The van der Waals surface area contributed by atoms with Crippen LogP contribution in [0.2, 0.25) is 0 Å². The molecule has 4 aromatic rings. The smallest absolute Gasteiger partial charge is 0.310 e. The van der Waals surface area contributed by atoms with Crippen molar-refractivity contribution in [3.8, 4) is 16.9 Å². The maximum Gasteiger partial charge on any atom is 0.310 e. The van der Waals surface area contributed by atoms with Gasteiger partial charge in [-0.2, -0.15) is 0 Å². The minimum Gasteiger partial charge on any atom is -0.488 e. The number of esters is 1. The van der Waals surface area contributed by atoms with Gasteiger partial charge in [-0.1, -0.05) is 6.07 Å². The Hall–Kier alpha value is -3.59. The number of furan rings is 1. The van der Waals surface area contributed by atoms with Crippen molar-refractivity contribution in [2.24, 2.45) is 0 Å². The zero-order valence-electron chi connectivity index (χ0n) is 22.4. The van der Waals surface area contributed by atoms with Crippen LogP contribution in [0.25, 0.3) is 22.1 Å². The summed E-state index contributed by atoms with van der Waals surface area (Å²) < 4.78 is 58.4. The van der Waals surface area contributed by atoms with Crippen molar-refractivity contribution in [3.63, 3.8) is 0 Å². The van der Waals surface area contributed by atoms with Crippen LogP contribution in [0.3, 0.4) is 0 Å². The lowest BCUT2D eigenvalue weighted by molar-refractivity contribution is -0.142. The van der Waals surface area contributed by atoms with E-state index in [1.807, 2.05) is 26.8 Å². The fourth-order valence-corrected chi connectivity index (χ4v) is 5.12. The summed E-state index contributed by atoms with van der Waals surface area (Å²) in [4.78, 5) is 16.2. The number of pyridine rings is 1. The van der Waals surface area contributed by atoms with Crippen LogP contribution in [0, 0.1) is 11.6 Å². The topological polar surface area (TPSA) is 78.6 Å². The maximum absolute atomic E-state index is 15.7. The molecule has 0 aliphatic carbocycles. The monoisotopic (exact) mass is 555 g/mol. The van der Waals surface area contributed by atoms with Gasteiger partial charge in [-0.25, -0.2) is 8.78 Å². The minimum absolute atomic E-state index is 0.0392. The molecule has 0 aliphatic rings. The highest BCUT2D eigenvalue weighted by Crippen LogP contribution is 2.34. The summed E-state index contributed by atoms with van der Waals surface area (Å²) in [6.45, 7) is 7.64. The largest absolute Gasteiger partial charge is 0.488 e. The second-order valence-electron chi connectivity index (χ2n) is 10.0. The van der Waals surface area contributed by atoms with Gasteiger partial charge >= 0.3 is 5.97 Å². The van der Waals surface area contributed by atoms with Gasteiger partial charge in [0.1, 0.15) is 23.8 Å². The van der Waals surface area contributed by atoms with Gasteiger partial charge < -0.3 is 13.9 Å². The summed E-state index contributed by atoms with van der Waals surface area (Å²) >= 11 is 0. The predicted molar refractivity (Wildman–Crippen MR) is 147 cm³/mol. The van der Waals surface area contributed by atoms with Gasteiger partial charge in [-0.3, -0.25) is 14.0 Å². The molecule has 2 heterocycles. The highest BCUT2D eigenvalue weighted by molar-refractivity contribution is 7.86. The third-order valence-corrected chi connectivity index (χ3v) is 8.07. The zero-order chi connectivity index (χ0) is 28.2. The van der Waals surface area contributed by atoms with Crippen LogP contribution in [0.15, 0.2) is 59.3 Å². The normalized spacial score (nSPS) is 12.5. The molecular weight excluding hydrogens is 524 g/mol. The number of nitrogens with zero attached hydrogens (tertiary/aromatic N) is 1. The molecule has 0 radical (unpaired) electrons. The number of benzene rings is 2. The van der Waals surface area contributed by atoms with E-state index < -0.39 is 33.2 Å². The van der Waals surface area contributed by atoms with E-state index in [2.05, 4.69) is 4.98 Å². The first-order valence-electron chi connectivity index (χ1n) is 12.7. The highest BCUT2D eigenvalue weighted by atomic mass is 32.2. The third kappa shape index (κ3) is 6.89. The Bertz CT molecular complexity index is 1510. The number of ether oxygens (including phenoxy) is 2. The van der Waals surface area contributed by atoms with E-state index in [0.29, 0.717) is 33.6 Å². The molecule has 0 N–H and O–H groups in total. The standard InChI is InChI=1S/C30H31F2NO5S/c1-5-36-27(34)16-20-6-7-22(31)17-26(20)38-18-19-14-21-9-12-37-29(21)24(15-19)23-8-11-33-25(28(23)32)10-13-39(35)30(2,3)4/h6-9,11-12,14-15,17H,5,10,13,16,18H2,1-4H3/t39-/m1/s1. The Morgan fingerprint density at radius 1 is 1.08 bits per heavy atom. The van der Waals surface area contributed by atoms with Crippen molar-refractivity contribution < 1.29 is 31.7 Å². The number of hydrogen-bond acceptors (Lipinski definition) is 6. The van der Waals surface area contributed by atoms with Crippen molar-refractivity contribution in [2.45, 2.75) is 51.9 Å². The van der Waals surface area contributed by atoms with Crippen LogP contribution in [0.4, 0.5) is 8.78 Å². The second kappa shape index (κ2) is 12.1. The molecule has 6 nitrogen and oxygen atoms in total. The van der Waals surface area contributed by atoms with Gasteiger partial charge in [-0.05, 0) is 63.6 Å². The number of aromatic nitrogens is 1. The molecule has 0 spiro atoms. The van der Waals surface area contributed by atoms with Crippen LogP contribution >= 0.6 is 0 Å². The van der Waals surface area contributed by atoms with Crippen molar-refractivity contribution in [3.05, 3.63) is 83.4 Å². The summed E-state index contributed by atoms with van der Waals surface area (Å²) in [6, 6.07) is 10.9. The molecule has 206 valence electrons. The molecule has 4 rings (SSSR count). The van der Waals surface area contributed by atoms with Gasteiger partial charge in [0.05, 0.1) is 25.0 Å². The number of rotatable bonds is 10. The zero-order valence-corrected chi connectivity index (χ0v) is 23.2. The molecule has 0 unspecified atom stereocenters. The number of carbonyl (C=O) groups is 1. The Labute approximate surface area is 228 Å². The van der Waals surface area contributed by atoms with E-state index in [1.165, 1.54) is 30.7 Å². The number of fused-ring (bicyclic) bond motifs is 1. The summed E-state index contributed by atoms with van der Waals surface area (Å²) in [5.74, 6) is -0.918. The van der Waals surface area contributed by atoms with Crippen LogP contribution in [-0.4, -0.2) is 32.3 Å². The first-order chi connectivity index (χ1) is 18.6. The first-order valence-corrected chi connectivity index (χ1v) is 14.0. The lowest BCUT2D eigenvalue weighted by Crippen LogP contribution is -2.25. The second-order valence-corrected chi connectivity index (χ2v) is 12.4. The van der Waals surface area contributed by atoms with E-state index in [1.54, 1.807) is 25.1 Å². The Balaban J connectivity index is 1.63. The molecule has 39 heavy (non-hydrogen) atoms. The number of carbonyl (C=O) groups excluding carboxylic acids is 1. The number of aryl methyl sites for hydroxylation is 1. The molecule has 0 amide bonds. The molecule has 9 heteroatoms. The molecule has 0 saturated heterocycles. The van der Waals surface area contributed by atoms with Crippen molar-refractivity contribution in [2.75, 3.05) is 12.4 Å².